The minimum atomic E-state index is -0.642. The molecule has 3 aromatic carbocycles. The second kappa shape index (κ2) is 8.84. The molecule has 3 aromatic rings. The molecule has 0 radical (unpaired) electrons. The molecule has 0 bridgehead atoms. The number of carbonyl (C=O) groups is 2. The van der Waals surface area contributed by atoms with Gasteiger partial charge in [0.15, 0.2) is 18.1 Å². The summed E-state index contributed by atoms with van der Waals surface area (Å²) in [6.45, 7) is 2.02. The molecule has 7 heteroatoms. The Balaban J connectivity index is 1.96. The van der Waals surface area contributed by atoms with Gasteiger partial charge in [0.1, 0.15) is 0 Å². The number of halogens is 1. The lowest BCUT2D eigenvalue weighted by atomic mass is 10.1. The molecule has 0 heterocycles. The molecule has 6 nitrogen and oxygen atoms in total. The van der Waals surface area contributed by atoms with Crippen molar-refractivity contribution in [3.8, 4) is 11.5 Å². The number of ether oxygens (including phenoxy) is 2. The van der Waals surface area contributed by atoms with Gasteiger partial charge in [0.05, 0.1) is 12.1 Å². The second-order valence-electron chi connectivity index (χ2n) is 6.33. The Morgan fingerprint density at radius 1 is 1.07 bits per heavy atom. The fourth-order valence-electron chi connectivity index (χ4n) is 3.07. The zero-order valence-electron chi connectivity index (χ0n) is 16.1. The van der Waals surface area contributed by atoms with Crippen molar-refractivity contribution >= 4 is 39.9 Å². The number of hydrogen-bond acceptors (Lipinski definition) is 4. The van der Waals surface area contributed by atoms with Gasteiger partial charge in [-0.2, -0.15) is 0 Å². The number of nitrogens with two attached hydrogens (primary N) is 1. The van der Waals surface area contributed by atoms with Gasteiger partial charge >= 0.3 is 0 Å². The minimum Gasteiger partial charge on any atom is -0.493 e. The first-order valence-electron chi connectivity index (χ1n) is 9.04. The van der Waals surface area contributed by atoms with Crippen LogP contribution in [0.3, 0.4) is 0 Å². The highest BCUT2D eigenvalue weighted by Gasteiger charge is 2.21. The maximum atomic E-state index is 13.2. The van der Waals surface area contributed by atoms with Crippen molar-refractivity contribution in [3.63, 3.8) is 0 Å². The van der Waals surface area contributed by atoms with Gasteiger partial charge in [-0.05, 0) is 42.0 Å². The standard InChI is InChI=1S/C22H21ClN2O4/c1-3-25(17-9-8-14-6-4-5-7-15(14)10-17)22(27)16-11-18(23)21(19(12-16)28-2)29-13-20(24)26/h4-12H,3,13H2,1-2H3,(H2,24,26). The Hall–Kier alpha value is -3.25. The van der Waals surface area contributed by atoms with Crippen molar-refractivity contribution in [1.29, 1.82) is 0 Å². The lowest BCUT2D eigenvalue weighted by molar-refractivity contribution is -0.119. The first kappa shape index (κ1) is 20.5. The third-order valence-corrected chi connectivity index (χ3v) is 4.72. The van der Waals surface area contributed by atoms with E-state index in [4.69, 9.17) is 26.8 Å². The number of nitrogens with zero attached hydrogens (tertiary/aromatic N) is 1. The maximum Gasteiger partial charge on any atom is 0.258 e. The van der Waals surface area contributed by atoms with Crippen LogP contribution in [0.4, 0.5) is 5.69 Å². The Morgan fingerprint density at radius 2 is 1.79 bits per heavy atom. The lowest BCUT2D eigenvalue weighted by Gasteiger charge is -2.22. The van der Waals surface area contributed by atoms with Crippen LogP contribution in [0, 0.1) is 0 Å². The van der Waals surface area contributed by atoms with E-state index in [2.05, 4.69) is 0 Å². The first-order valence-corrected chi connectivity index (χ1v) is 9.41. The van der Waals surface area contributed by atoms with Crippen LogP contribution in [0.15, 0.2) is 54.6 Å². The summed E-state index contributed by atoms with van der Waals surface area (Å²) in [5.74, 6) is -0.462. The highest BCUT2D eigenvalue weighted by molar-refractivity contribution is 6.33. The number of rotatable bonds is 7. The van der Waals surface area contributed by atoms with Gasteiger partial charge in [-0.3, -0.25) is 9.59 Å². The average molecular weight is 413 g/mol. The van der Waals surface area contributed by atoms with Crippen LogP contribution in [-0.4, -0.2) is 32.1 Å². The van der Waals surface area contributed by atoms with E-state index in [0.717, 1.165) is 16.5 Å². The summed E-state index contributed by atoms with van der Waals surface area (Å²) >= 11 is 6.28. The smallest absolute Gasteiger partial charge is 0.258 e. The molecule has 29 heavy (non-hydrogen) atoms. The summed E-state index contributed by atoms with van der Waals surface area (Å²) in [4.78, 5) is 25.9. The monoisotopic (exact) mass is 412 g/mol. The van der Waals surface area contributed by atoms with E-state index in [1.165, 1.54) is 19.2 Å². The molecule has 2 N–H and O–H groups in total. The normalized spacial score (nSPS) is 10.6. The van der Waals surface area contributed by atoms with E-state index in [0.29, 0.717) is 12.1 Å². The number of fused-ring (bicyclic) bond motifs is 1. The number of carbonyl (C=O) groups excluding carboxylic acids is 2. The summed E-state index contributed by atoms with van der Waals surface area (Å²) < 4.78 is 10.6. The van der Waals surface area contributed by atoms with Crippen molar-refractivity contribution in [2.75, 3.05) is 25.2 Å². The Bertz CT molecular complexity index is 1070. The van der Waals surface area contributed by atoms with Crippen molar-refractivity contribution < 1.29 is 19.1 Å². The van der Waals surface area contributed by atoms with Crippen molar-refractivity contribution in [1.82, 2.24) is 0 Å². The number of amides is 2. The molecule has 0 fully saturated rings. The van der Waals surface area contributed by atoms with Gasteiger partial charge in [-0.15, -0.1) is 0 Å². The summed E-state index contributed by atoms with van der Waals surface area (Å²) in [5, 5.41) is 2.30. The van der Waals surface area contributed by atoms with Crippen LogP contribution < -0.4 is 20.1 Å². The summed E-state index contributed by atoms with van der Waals surface area (Å²) in [7, 11) is 1.43. The predicted octanol–water partition coefficient (Wildman–Crippen LogP) is 4.03. The minimum absolute atomic E-state index is 0.156. The van der Waals surface area contributed by atoms with E-state index in [1.807, 2.05) is 49.4 Å². The zero-order chi connectivity index (χ0) is 21.0. The van der Waals surface area contributed by atoms with Crippen LogP contribution in [0.5, 0.6) is 11.5 Å². The van der Waals surface area contributed by atoms with Gasteiger partial charge in [-0.1, -0.05) is 41.9 Å². The first-order chi connectivity index (χ1) is 13.9. The van der Waals surface area contributed by atoms with E-state index in [9.17, 15) is 9.59 Å². The summed E-state index contributed by atoms with van der Waals surface area (Å²) in [6, 6.07) is 16.8. The Labute approximate surface area is 173 Å². The molecule has 0 aliphatic heterocycles. The van der Waals surface area contributed by atoms with Crippen LogP contribution in [-0.2, 0) is 4.79 Å². The molecular weight excluding hydrogens is 392 g/mol. The number of methoxy groups -OCH3 is 1. The van der Waals surface area contributed by atoms with Gasteiger partial charge in [-0.25, -0.2) is 0 Å². The van der Waals surface area contributed by atoms with Gasteiger partial charge in [0, 0.05) is 17.8 Å². The van der Waals surface area contributed by atoms with Gasteiger partial charge in [0.2, 0.25) is 0 Å². The Morgan fingerprint density at radius 3 is 2.45 bits per heavy atom. The molecule has 0 aliphatic rings. The molecular formula is C22H21ClN2O4. The van der Waals surface area contributed by atoms with Crippen LogP contribution in [0.1, 0.15) is 17.3 Å². The SMILES string of the molecule is CCN(C(=O)c1cc(Cl)c(OCC(N)=O)c(OC)c1)c1ccc2ccccc2c1. The average Bonchev–Trinajstić information content (AvgIpc) is 2.72. The third kappa shape index (κ3) is 4.43. The quantitative estimate of drug-likeness (QED) is 0.635. The second-order valence-corrected chi connectivity index (χ2v) is 6.73. The molecule has 0 atom stereocenters. The van der Waals surface area contributed by atoms with E-state index in [-0.39, 0.29) is 29.0 Å². The number of primary amides is 1. The number of hydrogen-bond donors (Lipinski definition) is 1. The van der Waals surface area contributed by atoms with E-state index >= 15 is 0 Å². The highest BCUT2D eigenvalue weighted by atomic mass is 35.5. The molecule has 0 aliphatic carbocycles. The molecule has 0 spiro atoms. The van der Waals surface area contributed by atoms with E-state index < -0.39 is 5.91 Å². The fourth-order valence-corrected chi connectivity index (χ4v) is 3.34. The topological polar surface area (TPSA) is 81.9 Å². The molecule has 3 rings (SSSR count). The molecule has 0 aromatic heterocycles. The summed E-state index contributed by atoms with van der Waals surface area (Å²) in [5.41, 5.74) is 6.23. The summed E-state index contributed by atoms with van der Waals surface area (Å²) in [6.07, 6.45) is 0. The van der Waals surface area contributed by atoms with Crippen LogP contribution >= 0.6 is 11.6 Å². The third-order valence-electron chi connectivity index (χ3n) is 4.44. The fraction of sp³-hybridized carbons (Fsp3) is 0.182. The highest BCUT2D eigenvalue weighted by Crippen LogP contribution is 2.37. The predicted molar refractivity (Wildman–Crippen MR) is 114 cm³/mol. The van der Waals surface area contributed by atoms with Crippen LogP contribution in [0.25, 0.3) is 10.8 Å². The Kier molecular flexibility index (Phi) is 6.24. The lowest BCUT2D eigenvalue weighted by Crippen LogP contribution is -2.30. The zero-order valence-corrected chi connectivity index (χ0v) is 16.9. The van der Waals surface area contributed by atoms with Crippen molar-refractivity contribution in [3.05, 3.63) is 65.2 Å². The van der Waals surface area contributed by atoms with Crippen LogP contribution in [0.2, 0.25) is 5.02 Å². The molecule has 0 saturated carbocycles. The largest absolute Gasteiger partial charge is 0.493 e. The van der Waals surface area contributed by atoms with Crippen molar-refractivity contribution in [2.24, 2.45) is 5.73 Å². The molecule has 0 saturated heterocycles. The molecule has 150 valence electrons. The maximum absolute atomic E-state index is 13.2. The molecule has 2 amide bonds. The molecule has 0 unspecified atom stereocenters. The number of benzene rings is 3. The number of anilines is 1. The van der Waals surface area contributed by atoms with Gasteiger partial charge in [0.25, 0.3) is 11.8 Å². The van der Waals surface area contributed by atoms with E-state index in [1.54, 1.807) is 4.90 Å². The van der Waals surface area contributed by atoms with Crippen molar-refractivity contribution in [2.45, 2.75) is 6.92 Å². The van der Waals surface area contributed by atoms with Gasteiger partial charge < -0.3 is 20.1 Å².